The lowest BCUT2D eigenvalue weighted by atomic mass is 9.92. The molecule has 2 heterocycles. The minimum atomic E-state index is -0.503. The van der Waals surface area contributed by atoms with E-state index in [-0.39, 0.29) is 19.1 Å². The third kappa shape index (κ3) is 7.42. The van der Waals surface area contributed by atoms with Crippen molar-refractivity contribution in [2.24, 2.45) is 0 Å². The van der Waals surface area contributed by atoms with Gasteiger partial charge in [-0.3, -0.25) is 14.5 Å². The van der Waals surface area contributed by atoms with Crippen LogP contribution in [0.4, 0.5) is 4.79 Å². The topological polar surface area (TPSA) is 110 Å². The summed E-state index contributed by atoms with van der Waals surface area (Å²) in [4.78, 5) is 41.4. The zero-order valence-electron chi connectivity index (χ0n) is 23.7. The number of nitrogens with zero attached hydrogens (tertiary/aromatic N) is 1. The highest BCUT2D eigenvalue weighted by Gasteiger charge is 2.35. The number of aromatic amines is 1. The number of amides is 2. The molecule has 0 bridgehead atoms. The summed E-state index contributed by atoms with van der Waals surface area (Å²) < 4.78 is 16.9. The maximum atomic E-state index is 13.5. The van der Waals surface area contributed by atoms with E-state index in [0.717, 1.165) is 27.7 Å². The molecule has 1 aromatic heterocycles. The van der Waals surface area contributed by atoms with E-state index in [4.69, 9.17) is 37.4 Å². The summed E-state index contributed by atoms with van der Waals surface area (Å²) in [5.41, 5.74) is 3.80. The lowest BCUT2D eigenvalue weighted by molar-refractivity contribution is -0.147. The van der Waals surface area contributed by atoms with Gasteiger partial charge in [-0.05, 0) is 72.1 Å². The van der Waals surface area contributed by atoms with Crippen molar-refractivity contribution in [2.45, 2.75) is 38.8 Å². The van der Waals surface area contributed by atoms with Crippen molar-refractivity contribution in [3.05, 3.63) is 93.6 Å². The van der Waals surface area contributed by atoms with E-state index in [1.54, 1.807) is 29.2 Å². The quantitative estimate of drug-likeness (QED) is 0.207. The maximum Gasteiger partial charge on any atom is 0.416 e. The minimum absolute atomic E-state index is 0.205. The molecule has 11 heteroatoms. The summed E-state index contributed by atoms with van der Waals surface area (Å²) >= 11 is 12.3. The second-order valence-corrected chi connectivity index (χ2v) is 11.1. The molecule has 224 valence electrons. The van der Waals surface area contributed by atoms with Crippen LogP contribution in [0.1, 0.15) is 43.1 Å². The van der Waals surface area contributed by atoms with Crippen molar-refractivity contribution in [3.63, 3.8) is 0 Å². The zero-order valence-corrected chi connectivity index (χ0v) is 25.2. The number of aromatic nitrogens is 1. The second kappa shape index (κ2) is 13.4. The highest BCUT2D eigenvalue weighted by atomic mass is 35.5. The fourth-order valence-electron chi connectivity index (χ4n) is 5.22. The number of rotatable bonds is 9. The molecule has 2 N–H and O–H groups in total. The smallest absolute Gasteiger partial charge is 0.416 e. The van der Waals surface area contributed by atoms with Gasteiger partial charge < -0.3 is 24.5 Å². The third-order valence-electron chi connectivity index (χ3n) is 7.16. The average Bonchev–Trinajstić information content (AvgIpc) is 3.34. The Morgan fingerprint density at radius 1 is 0.977 bits per heavy atom. The number of nitrogens with one attached hydrogen (secondary N) is 2. The molecule has 4 aromatic rings. The first kappa shape index (κ1) is 30.3. The minimum Gasteiger partial charge on any atom is -0.493 e. The van der Waals surface area contributed by atoms with Crippen molar-refractivity contribution >= 4 is 52.1 Å². The Bertz CT molecular complexity index is 1620. The fraction of sp³-hybridized carbons (Fsp3) is 0.281. The molecule has 2 amide bonds. The van der Waals surface area contributed by atoms with Gasteiger partial charge in [-0.1, -0.05) is 35.3 Å². The summed E-state index contributed by atoms with van der Waals surface area (Å²) in [5, 5.41) is 4.89. The Balaban J connectivity index is 1.37. The molecule has 1 unspecified atom stereocenters. The number of hydrogen-bond acceptors (Lipinski definition) is 6. The molecule has 9 nitrogen and oxygen atoms in total. The Kier molecular flexibility index (Phi) is 9.43. The molecule has 2 atom stereocenters. The Hall–Kier alpha value is -4.21. The van der Waals surface area contributed by atoms with Crippen molar-refractivity contribution < 1.29 is 28.6 Å². The molecule has 0 saturated heterocycles. The van der Waals surface area contributed by atoms with E-state index in [1.807, 2.05) is 42.5 Å². The van der Waals surface area contributed by atoms with Crippen LogP contribution in [0.2, 0.25) is 10.0 Å². The molecule has 43 heavy (non-hydrogen) atoms. The summed E-state index contributed by atoms with van der Waals surface area (Å²) in [6, 6.07) is 19.4. The third-order valence-corrected chi connectivity index (χ3v) is 7.65. The molecule has 1 aliphatic rings. The first-order chi connectivity index (χ1) is 20.7. The first-order valence-electron chi connectivity index (χ1n) is 13.9. The van der Waals surface area contributed by atoms with E-state index in [0.29, 0.717) is 40.9 Å². The number of hydrogen-bond donors (Lipinski definition) is 2. The van der Waals surface area contributed by atoms with E-state index < -0.39 is 24.2 Å². The van der Waals surface area contributed by atoms with Crippen LogP contribution in [0, 0.1) is 0 Å². The normalized spacial score (nSPS) is 15.0. The van der Waals surface area contributed by atoms with Gasteiger partial charge in [-0.15, -0.1) is 0 Å². The average molecular weight is 625 g/mol. The fourth-order valence-corrected chi connectivity index (χ4v) is 5.51. The predicted molar refractivity (Wildman–Crippen MR) is 164 cm³/mol. The van der Waals surface area contributed by atoms with E-state index in [1.165, 1.54) is 13.8 Å². The molecule has 1 aliphatic heterocycles. The standard InChI is InChI=1S/C32H31Cl2N3O6/c1-19(38)35-18-26(42-20(2)39)14-16-41-24-8-3-21(4-9-24)31-30-27(28-17-23(34)7-12-29(28)36-30)13-15-37(31)32(40)43-25-10-5-22(33)6-11-25/h3-12,17,26,31,36H,13-16,18H2,1-2H3,(H,35,38)/t26?,31-/m0/s1. The summed E-state index contributed by atoms with van der Waals surface area (Å²) in [6.07, 6.45) is 0.0448. The molecule has 3 aromatic carbocycles. The first-order valence-corrected chi connectivity index (χ1v) is 14.6. The second-order valence-electron chi connectivity index (χ2n) is 10.2. The highest BCUT2D eigenvalue weighted by Crippen LogP contribution is 2.40. The van der Waals surface area contributed by atoms with Crippen LogP contribution in [0.3, 0.4) is 0 Å². The van der Waals surface area contributed by atoms with Gasteiger partial charge in [0.2, 0.25) is 5.91 Å². The number of esters is 1. The lowest BCUT2D eigenvalue weighted by Gasteiger charge is -2.35. The van der Waals surface area contributed by atoms with Crippen molar-refractivity contribution in [3.8, 4) is 11.5 Å². The van der Waals surface area contributed by atoms with Gasteiger partial charge in [0.1, 0.15) is 23.6 Å². The van der Waals surface area contributed by atoms with E-state index in [9.17, 15) is 14.4 Å². The van der Waals surface area contributed by atoms with Crippen LogP contribution in [0.15, 0.2) is 66.7 Å². The molecule has 0 spiro atoms. The molecule has 0 fully saturated rings. The molecular formula is C32H31Cl2N3O6. The van der Waals surface area contributed by atoms with Gasteiger partial charge in [-0.2, -0.15) is 0 Å². The SMILES string of the molecule is CC(=O)NCC(CCOc1ccc([C@H]2c3[nH]c4ccc(Cl)cc4c3CCN2C(=O)Oc2ccc(Cl)cc2)cc1)OC(C)=O. The number of carbonyl (C=O) groups excluding carboxylic acids is 3. The Morgan fingerprint density at radius 2 is 1.67 bits per heavy atom. The molecular weight excluding hydrogens is 593 g/mol. The van der Waals surface area contributed by atoms with Gasteiger partial charge in [0.15, 0.2) is 0 Å². The van der Waals surface area contributed by atoms with Crippen LogP contribution in [0.25, 0.3) is 10.9 Å². The van der Waals surface area contributed by atoms with Crippen LogP contribution in [-0.4, -0.2) is 53.7 Å². The molecule has 0 saturated carbocycles. The molecule has 0 radical (unpaired) electrons. The monoisotopic (exact) mass is 623 g/mol. The van der Waals surface area contributed by atoms with Gasteiger partial charge >= 0.3 is 12.1 Å². The Morgan fingerprint density at radius 3 is 2.37 bits per heavy atom. The number of fused-ring (bicyclic) bond motifs is 3. The highest BCUT2D eigenvalue weighted by molar-refractivity contribution is 6.31. The van der Waals surface area contributed by atoms with Gasteiger partial charge in [0, 0.05) is 53.5 Å². The van der Waals surface area contributed by atoms with Crippen LogP contribution < -0.4 is 14.8 Å². The van der Waals surface area contributed by atoms with Gasteiger partial charge in [0.05, 0.1) is 13.2 Å². The van der Waals surface area contributed by atoms with Crippen molar-refractivity contribution in [1.82, 2.24) is 15.2 Å². The number of H-pyrrole nitrogens is 1. The van der Waals surface area contributed by atoms with E-state index in [2.05, 4.69) is 10.3 Å². The van der Waals surface area contributed by atoms with Crippen LogP contribution in [0.5, 0.6) is 11.5 Å². The molecule has 0 aliphatic carbocycles. The summed E-state index contributed by atoms with van der Waals surface area (Å²) in [5.74, 6) is 0.380. The van der Waals surface area contributed by atoms with Crippen LogP contribution >= 0.6 is 23.2 Å². The zero-order chi connectivity index (χ0) is 30.5. The largest absolute Gasteiger partial charge is 0.493 e. The number of ether oxygens (including phenoxy) is 3. The van der Waals surface area contributed by atoms with Gasteiger partial charge in [-0.25, -0.2) is 4.79 Å². The van der Waals surface area contributed by atoms with E-state index >= 15 is 0 Å². The van der Waals surface area contributed by atoms with Gasteiger partial charge in [0.25, 0.3) is 0 Å². The molecule has 5 rings (SSSR count). The Labute approximate surface area is 259 Å². The summed E-state index contributed by atoms with van der Waals surface area (Å²) in [7, 11) is 0. The van der Waals surface area contributed by atoms with Crippen molar-refractivity contribution in [2.75, 3.05) is 19.7 Å². The van der Waals surface area contributed by atoms with Crippen molar-refractivity contribution in [1.29, 1.82) is 0 Å². The summed E-state index contributed by atoms with van der Waals surface area (Å²) in [6.45, 7) is 3.65. The predicted octanol–water partition coefficient (Wildman–Crippen LogP) is 6.46. The number of benzene rings is 3. The number of halogens is 2. The lowest BCUT2D eigenvalue weighted by Crippen LogP contribution is -2.42. The number of carbonyl (C=O) groups is 3. The maximum absolute atomic E-state index is 13.5. The van der Waals surface area contributed by atoms with Crippen LogP contribution in [-0.2, 0) is 20.7 Å².